The molecule has 0 spiro atoms. The molecule has 0 saturated carbocycles. The number of azo groups is 2. The molecule has 0 amide bonds. The summed E-state index contributed by atoms with van der Waals surface area (Å²) in [6.07, 6.45) is 0. The van der Waals surface area contributed by atoms with Crippen LogP contribution in [0.1, 0.15) is 0 Å². The predicted octanol–water partition coefficient (Wildman–Crippen LogP) is 8.87. The highest BCUT2D eigenvalue weighted by Crippen LogP contribution is 2.47. The van der Waals surface area contributed by atoms with Crippen LogP contribution < -0.4 is 11.5 Å². The third-order valence-corrected chi connectivity index (χ3v) is 10.0. The van der Waals surface area contributed by atoms with E-state index in [1.54, 1.807) is 36.4 Å². The number of nitrogens with two attached hydrogens (primary N) is 2. The Morgan fingerprint density at radius 2 is 0.860 bits per heavy atom. The molecule has 0 aliphatic carbocycles. The number of benzene rings is 6. The van der Waals surface area contributed by atoms with Gasteiger partial charge in [0.15, 0.2) is 22.9 Å². The van der Waals surface area contributed by atoms with Crippen molar-refractivity contribution >= 4 is 99.1 Å². The third-order valence-electron chi connectivity index (χ3n) is 7.57. The Kier molecular flexibility index (Phi) is 8.85. The summed E-state index contributed by atoms with van der Waals surface area (Å²) in [7, 11) is -9.75. The van der Waals surface area contributed by atoms with Gasteiger partial charge in [-0.05, 0) is 35.4 Å². The number of hydrogen-bond donors (Lipinski definition) is 6. The van der Waals surface area contributed by atoms with E-state index in [9.17, 15) is 36.2 Å². The summed E-state index contributed by atoms with van der Waals surface area (Å²) >= 11 is 13.0. The number of aromatic hydroxyl groups is 2. The van der Waals surface area contributed by atoms with Crippen LogP contribution in [0.25, 0.3) is 32.7 Å². The molecular formula is C32H22Cl2N6O8S2. The van der Waals surface area contributed by atoms with Crippen LogP contribution in [0, 0.1) is 0 Å². The van der Waals surface area contributed by atoms with Gasteiger partial charge in [-0.15, -0.1) is 20.5 Å². The summed E-state index contributed by atoms with van der Waals surface area (Å²) in [6, 6.07) is 21.3. The lowest BCUT2D eigenvalue weighted by Crippen LogP contribution is -2.02. The fourth-order valence-electron chi connectivity index (χ4n) is 5.28. The maximum Gasteiger partial charge on any atom is 0.298 e. The Bertz CT molecular complexity index is 2500. The first kappa shape index (κ1) is 34.5. The molecule has 0 unspecified atom stereocenters. The number of hydrogen-bond acceptors (Lipinski definition) is 12. The summed E-state index contributed by atoms with van der Waals surface area (Å²) in [4.78, 5) is -1.53. The van der Waals surface area contributed by atoms with E-state index >= 15 is 0 Å². The Morgan fingerprint density at radius 1 is 0.520 bits per heavy atom. The van der Waals surface area contributed by atoms with Crippen LogP contribution in [0.2, 0.25) is 10.0 Å². The molecule has 6 aromatic carbocycles. The molecule has 0 bridgehead atoms. The second-order valence-electron chi connectivity index (χ2n) is 10.7. The lowest BCUT2D eigenvalue weighted by molar-refractivity contribution is 0.444. The van der Waals surface area contributed by atoms with Crippen LogP contribution in [-0.2, 0) is 20.2 Å². The van der Waals surface area contributed by atoms with Gasteiger partial charge in [-0.1, -0.05) is 83.9 Å². The van der Waals surface area contributed by atoms with Gasteiger partial charge in [-0.25, -0.2) is 0 Å². The van der Waals surface area contributed by atoms with Crippen LogP contribution in [0.3, 0.4) is 0 Å². The lowest BCUT2D eigenvalue weighted by Gasteiger charge is -2.12. The second kappa shape index (κ2) is 12.8. The number of fused-ring (bicyclic) bond motifs is 2. The van der Waals surface area contributed by atoms with Crippen LogP contribution in [0.5, 0.6) is 11.5 Å². The molecule has 50 heavy (non-hydrogen) atoms. The average Bonchev–Trinajstić information content (AvgIpc) is 3.04. The van der Waals surface area contributed by atoms with Crippen LogP contribution >= 0.6 is 23.2 Å². The van der Waals surface area contributed by atoms with Gasteiger partial charge in [-0.3, -0.25) is 9.11 Å². The molecule has 0 aromatic heterocycles. The summed E-state index contributed by atoms with van der Waals surface area (Å²) in [6.45, 7) is 0. The van der Waals surface area contributed by atoms with Crippen molar-refractivity contribution in [1.82, 2.24) is 0 Å². The minimum Gasteiger partial charge on any atom is -0.504 e. The Balaban J connectivity index is 1.31. The molecule has 8 N–H and O–H groups in total. The molecule has 14 nitrogen and oxygen atoms in total. The van der Waals surface area contributed by atoms with E-state index in [-0.39, 0.29) is 65.7 Å². The van der Waals surface area contributed by atoms with Crippen molar-refractivity contribution in [2.45, 2.75) is 9.79 Å². The monoisotopic (exact) mass is 752 g/mol. The number of nitrogens with zero attached hydrogens (tertiary/aromatic N) is 4. The summed E-state index contributed by atoms with van der Waals surface area (Å²) in [5, 5.41) is 38.1. The van der Waals surface area contributed by atoms with Gasteiger partial charge < -0.3 is 21.7 Å². The van der Waals surface area contributed by atoms with Crippen LogP contribution in [-0.4, -0.2) is 36.2 Å². The first-order valence-electron chi connectivity index (χ1n) is 14.0. The zero-order valence-corrected chi connectivity index (χ0v) is 28.2. The van der Waals surface area contributed by atoms with Gasteiger partial charge in [0.2, 0.25) is 0 Å². The van der Waals surface area contributed by atoms with Gasteiger partial charge >= 0.3 is 0 Å². The first-order chi connectivity index (χ1) is 23.6. The number of nitrogen functional groups attached to an aromatic ring is 2. The van der Waals surface area contributed by atoms with Crippen molar-refractivity contribution in [3.8, 4) is 22.6 Å². The highest BCUT2D eigenvalue weighted by atomic mass is 35.5. The number of halogens is 2. The molecule has 18 heteroatoms. The van der Waals surface area contributed by atoms with Crippen molar-refractivity contribution in [1.29, 1.82) is 0 Å². The maximum absolute atomic E-state index is 12.1. The molecule has 0 aliphatic rings. The molecule has 0 heterocycles. The summed E-state index contributed by atoms with van der Waals surface area (Å²) in [5.74, 6) is -1.77. The Labute approximate surface area is 293 Å². The number of phenols is 2. The van der Waals surface area contributed by atoms with E-state index in [0.29, 0.717) is 11.1 Å². The van der Waals surface area contributed by atoms with Crippen molar-refractivity contribution in [3.63, 3.8) is 0 Å². The molecule has 0 fully saturated rings. The molecule has 0 atom stereocenters. The first-order valence-corrected chi connectivity index (χ1v) is 17.7. The predicted molar refractivity (Wildman–Crippen MR) is 190 cm³/mol. The van der Waals surface area contributed by atoms with E-state index in [4.69, 9.17) is 34.7 Å². The minimum absolute atomic E-state index is 0.000242. The van der Waals surface area contributed by atoms with Crippen LogP contribution in [0.4, 0.5) is 34.1 Å². The standard InChI is InChI=1S/C32H22Cl2N6O8S2/c33-21-13-15(9-11-23(21)37-39-27-25(35)17-5-1-3-7-19(17)31(29(27)41)49(43,44)45)16-10-12-24(22(34)14-16)38-40-28-26(36)18-6-2-4-8-20(18)32(30(28)42)50(46,47)48/h1-14,41-42H,35-36H2,(H,43,44,45)(H,46,47,48)/b39-37+,40-38+. The normalized spacial score (nSPS) is 12.5. The summed E-state index contributed by atoms with van der Waals surface area (Å²) in [5.41, 5.74) is 12.8. The average molecular weight is 754 g/mol. The minimum atomic E-state index is -4.87. The van der Waals surface area contributed by atoms with E-state index in [1.165, 1.54) is 48.5 Å². The molecule has 254 valence electrons. The Hall–Kier alpha value is -5.36. The van der Waals surface area contributed by atoms with Crippen molar-refractivity contribution in [2.24, 2.45) is 20.5 Å². The van der Waals surface area contributed by atoms with Gasteiger partial charge in [0.25, 0.3) is 20.2 Å². The smallest absolute Gasteiger partial charge is 0.298 e. The van der Waals surface area contributed by atoms with Gasteiger partial charge in [-0.2, -0.15) is 16.8 Å². The van der Waals surface area contributed by atoms with E-state index in [0.717, 1.165) is 0 Å². The molecule has 0 aliphatic heterocycles. The highest BCUT2D eigenvalue weighted by Gasteiger charge is 2.27. The van der Waals surface area contributed by atoms with E-state index in [1.807, 2.05) is 0 Å². The lowest BCUT2D eigenvalue weighted by atomic mass is 10.0. The van der Waals surface area contributed by atoms with Crippen molar-refractivity contribution in [3.05, 3.63) is 95.0 Å². The van der Waals surface area contributed by atoms with E-state index < -0.39 is 41.5 Å². The summed E-state index contributed by atoms with van der Waals surface area (Å²) < 4.78 is 67.9. The zero-order chi connectivity index (χ0) is 36.1. The van der Waals surface area contributed by atoms with E-state index in [2.05, 4.69) is 20.5 Å². The molecule has 6 aromatic rings. The highest BCUT2D eigenvalue weighted by molar-refractivity contribution is 7.86. The van der Waals surface area contributed by atoms with Gasteiger partial charge in [0.1, 0.15) is 21.2 Å². The fraction of sp³-hybridized carbons (Fsp3) is 0. The maximum atomic E-state index is 12.1. The Morgan fingerprint density at radius 3 is 1.18 bits per heavy atom. The third kappa shape index (κ3) is 6.26. The SMILES string of the molecule is Nc1c(/N=N/c2ccc(-c3ccc(/N=N/c4c(O)c(S(=O)(=O)O)c5ccccc5c4N)c(Cl)c3)cc2Cl)c(O)c(S(=O)(=O)O)c2ccccc12. The van der Waals surface area contributed by atoms with Gasteiger partial charge in [0, 0.05) is 21.5 Å². The topological polar surface area (TPSA) is 251 Å². The molecular weight excluding hydrogens is 731 g/mol. The quantitative estimate of drug-likeness (QED) is 0.0513. The molecule has 6 rings (SSSR count). The van der Waals surface area contributed by atoms with Crippen molar-refractivity contribution < 1.29 is 36.2 Å². The van der Waals surface area contributed by atoms with Crippen LogP contribution in [0.15, 0.2) is 115 Å². The zero-order valence-electron chi connectivity index (χ0n) is 25.0. The fourth-order valence-corrected chi connectivity index (χ4v) is 7.31. The molecule has 0 saturated heterocycles. The van der Waals surface area contributed by atoms with Crippen molar-refractivity contribution in [2.75, 3.05) is 11.5 Å². The largest absolute Gasteiger partial charge is 0.504 e. The van der Waals surface area contributed by atoms with Gasteiger partial charge in [0.05, 0.1) is 21.4 Å². The molecule has 0 radical (unpaired) electrons. The number of phenolic OH excluding ortho intramolecular Hbond substituents is 2. The number of rotatable bonds is 7. The number of anilines is 2. The second-order valence-corrected chi connectivity index (χ2v) is 14.2.